The number of carbonyl (C=O) groups is 1. The summed E-state index contributed by atoms with van der Waals surface area (Å²) in [4.78, 5) is 18.9. The Morgan fingerprint density at radius 2 is 1.87 bits per heavy atom. The highest BCUT2D eigenvalue weighted by molar-refractivity contribution is 9.10. The molecule has 0 saturated carbocycles. The van der Waals surface area contributed by atoms with Crippen molar-refractivity contribution in [1.82, 2.24) is 14.5 Å². The molecular formula is C25H24BrF3N4O4S. The molecule has 0 spiro atoms. The number of alkyl halides is 3. The molecular weight excluding hydrogens is 589 g/mol. The van der Waals surface area contributed by atoms with Crippen molar-refractivity contribution in [3.8, 4) is 11.3 Å². The van der Waals surface area contributed by atoms with E-state index in [2.05, 4.69) is 20.9 Å². The van der Waals surface area contributed by atoms with Gasteiger partial charge in [0.1, 0.15) is 17.1 Å². The highest BCUT2D eigenvalue weighted by atomic mass is 79.9. The number of imidazole rings is 1. The van der Waals surface area contributed by atoms with Gasteiger partial charge in [0.25, 0.3) is 5.91 Å². The van der Waals surface area contributed by atoms with Crippen LogP contribution in [0.5, 0.6) is 0 Å². The van der Waals surface area contributed by atoms with E-state index in [1.54, 1.807) is 37.9 Å². The number of aryl methyl sites for hydroxylation is 2. The van der Waals surface area contributed by atoms with Crippen LogP contribution < -0.4 is 4.72 Å². The third-order valence-corrected chi connectivity index (χ3v) is 7.78. The van der Waals surface area contributed by atoms with Gasteiger partial charge in [0.05, 0.1) is 15.9 Å². The highest BCUT2D eigenvalue weighted by Gasteiger charge is 2.46. The minimum atomic E-state index is -5.63. The van der Waals surface area contributed by atoms with E-state index in [-0.39, 0.29) is 22.9 Å². The van der Waals surface area contributed by atoms with Gasteiger partial charge in [0, 0.05) is 38.0 Å². The average molecular weight is 613 g/mol. The monoisotopic (exact) mass is 612 g/mol. The second kappa shape index (κ2) is 10.1. The average Bonchev–Trinajstić information content (AvgIpc) is 3.33. The Kier molecular flexibility index (Phi) is 7.36. The molecule has 202 valence electrons. The lowest BCUT2D eigenvalue weighted by atomic mass is 10.1. The molecule has 8 nitrogen and oxygen atoms in total. The van der Waals surface area contributed by atoms with Gasteiger partial charge in [-0.3, -0.25) is 9.52 Å². The van der Waals surface area contributed by atoms with Crippen molar-refractivity contribution >= 4 is 48.5 Å². The highest BCUT2D eigenvalue weighted by Crippen LogP contribution is 2.42. The van der Waals surface area contributed by atoms with Crippen LogP contribution in [0.3, 0.4) is 0 Å². The molecule has 1 N–H and O–H groups in total. The van der Waals surface area contributed by atoms with E-state index in [0.29, 0.717) is 39.8 Å². The number of hydrogen-bond acceptors (Lipinski definition) is 5. The van der Waals surface area contributed by atoms with Crippen LogP contribution in [0.4, 0.5) is 18.9 Å². The number of carbonyl (C=O) groups excluding carboxylic acids is 1. The Morgan fingerprint density at radius 1 is 1.18 bits per heavy atom. The molecule has 13 heteroatoms. The van der Waals surface area contributed by atoms with E-state index in [1.807, 2.05) is 23.6 Å². The number of halogens is 4. The van der Waals surface area contributed by atoms with Gasteiger partial charge in [-0.15, -0.1) is 0 Å². The van der Waals surface area contributed by atoms with E-state index in [4.69, 9.17) is 4.42 Å². The van der Waals surface area contributed by atoms with Crippen LogP contribution in [0, 0.1) is 6.92 Å². The maximum atomic E-state index is 13.0. The van der Waals surface area contributed by atoms with Crippen LogP contribution in [0.15, 0.2) is 51.4 Å². The number of nitrogens with zero attached hydrogens (tertiary/aromatic N) is 3. The predicted molar refractivity (Wildman–Crippen MR) is 141 cm³/mol. The van der Waals surface area contributed by atoms with Crippen molar-refractivity contribution < 1.29 is 30.8 Å². The van der Waals surface area contributed by atoms with Gasteiger partial charge in [0.15, 0.2) is 5.76 Å². The second-order valence-electron chi connectivity index (χ2n) is 8.77. The molecule has 0 saturated heterocycles. The summed E-state index contributed by atoms with van der Waals surface area (Å²) < 4.78 is 72.3. The second-order valence-corrected chi connectivity index (χ2v) is 11.2. The van der Waals surface area contributed by atoms with Crippen LogP contribution in [-0.4, -0.2) is 48.4 Å². The predicted octanol–water partition coefficient (Wildman–Crippen LogP) is 5.94. The third-order valence-electron chi connectivity index (χ3n) is 5.90. The van der Waals surface area contributed by atoms with Gasteiger partial charge in [-0.05, 0) is 52.7 Å². The Morgan fingerprint density at radius 3 is 2.50 bits per heavy atom. The van der Waals surface area contributed by atoms with Crippen molar-refractivity contribution in [3.63, 3.8) is 0 Å². The first-order valence-corrected chi connectivity index (χ1v) is 13.7. The zero-order valence-corrected chi connectivity index (χ0v) is 23.3. The van der Waals surface area contributed by atoms with Crippen LogP contribution in [0.25, 0.3) is 22.3 Å². The zero-order valence-electron chi connectivity index (χ0n) is 20.9. The first-order valence-electron chi connectivity index (χ1n) is 11.4. The minimum Gasteiger partial charge on any atom is -0.455 e. The van der Waals surface area contributed by atoms with Gasteiger partial charge in [-0.25, -0.2) is 4.98 Å². The molecule has 0 fully saturated rings. The normalized spacial score (nSPS) is 12.2. The van der Waals surface area contributed by atoms with Crippen LogP contribution in [0.1, 0.15) is 34.5 Å². The smallest absolute Gasteiger partial charge is 0.455 e. The summed E-state index contributed by atoms with van der Waals surface area (Å²) in [6.45, 7) is 4.09. The zero-order chi connectivity index (χ0) is 28.0. The topological polar surface area (TPSA) is 97.4 Å². The first kappa shape index (κ1) is 27.7. The number of fused-ring (bicyclic) bond motifs is 1. The van der Waals surface area contributed by atoms with E-state index >= 15 is 0 Å². The summed E-state index contributed by atoms with van der Waals surface area (Å²) in [5, 5.41) is 0.626. The fourth-order valence-corrected chi connectivity index (χ4v) is 5.28. The third kappa shape index (κ3) is 5.04. The molecule has 0 aliphatic carbocycles. The molecule has 4 rings (SSSR count). The molecule has 38 heavy (non-hydrogen) atoms. The Labute approximate surface area is 225 Å². The fourth-order valence-electron chi connectivity index (χ4n) is 4.10. The summed E-state index contributed by atoms with van der Waals surface area (Å²) in [5.74, 6) is 0.750. The molecule has 2 heterocycles. The molecule has 0 aliphatic heterocycles. The summed E-state index contributed by atoms with van der Waals surface area (Å²) in [7, 11) is -2.29. The number of benzene rings is 2. The van der Waals surface area contributed by atoms with E-state index in [1.165, 1.54) is 23.1 Å². The Balaban J connectivity index is 1.77. The van der Waals surface area contributed by atoms with E-state index in [9.17, 15) is 26.4 Å². The maximum Gasteiger partial charge on any atom is 0.516 e. The molecule has 1 amide bonds. The SMILES string of the molecule is CCc1nc(C)c(C(=O)N(C)C)n1Cc1ccc2oc(-c3ccccc3NS(=O)(=O)C(F)(F)F)c(Br)c2c1. The molecule has 4 aromatic rings. The summed E-state index contributed by atoms with van der Waals surface area (Å²) in [6, 6.07) is 11.0. The van der Waals surface area contributed by atoms with Gasteiger partial charge in [0.2, 0.25) is 0 Å². The number of anilines is 1. The first-order chi connectivity index (χ1) is 17.7. The number of nitrogens with one attached hydrogen (secondary N) is 1. The standard InChI is InChI=1S/C25H24BrF3N4O4S/c1-5-20-30-14(2)22(24(34)32(3)4)33(20)13-15-10-11-19-17(12-15)21(26)23(37-19)16-8-6-7-9-18(16)31-38(35,36)25(27,28)29/h6-12,31H,5,13H2,1-4H3. The number of hydrogen-bond donors (Lipinski definition) is 1. The summed E-state index contributed by atoms with van der Waals surface area (Å²) in [5.41, 5.74) is -3.24. The molecule has 0 radical (unpaired) electrons. The number of sulfonamides is 1. The molecule has 0 aliphatic rings. The molecule has 0 atom stereocenters. The van der Waals surface area contributed by atoms with Gasteiger partial charge < -0.3 is 13.9 Å². The minimum absolute atomic E-state index is 0.127. The lowest BCUT2D eigenvalue weighted by Crippen LogP contribution is -2.30. The van der Waals surface area contributed by atoms with Gasteiger partial charge >= 0.3 is 15.5 Å². The summed E-state index contributed by atoms with van der Waals surface area (Å²) >= 11 is 3.48. The van der Waals surface area contributed by atoms with Crippen molar-refractivity contribution in [2.75, 3.05) is 18.8 Å². The van der Waals surface area contributed by atoms with Gasteiger partial charge in [-0.1, -0.05) is 25.1 Å². The number of rotatable bonds is 7. The lowest BCUT2D eigenvalue weighted by Gasteiger charge is -2.15. The quantitative estimate of drug-likeness (QED) is 0.278. The van der Waals surface area contributed by atoms with Crippen molar-refractivity contribution in [2.24, 2.45) is 0 Å². The van der Waals surface area contributed by atoms with Gasteiger partial charge in [-0.2, -0.15) is 21.6 Å². The largest absolute Gasteiger partial charge is 0.516 e. The van der Waals surface area contributed by atoms with Crippen molar-refractivity contribution in [3.05, 3.63) is 69.7 Å². The molecule has 2 aromatic heterocycles. The number of aromatic nitrogens is 2. The number of furan rings is 1. The maximum absolute atomic E-state index is 13.0. The van der Waals surface area contributed by atoms with Crippen LogP contribution in [0.2, 0.25) is 0 Å². The number of para-hydroxylation sites is 1. The van der Waals surface area contributed by atoms with E-state index in [0.717, 1.165) is 11.4 Å². The molecule has 0 bridgehead atoms. The Bertz CT molecular complexity index is 1640. The molecule has 2 aromatic carbocycles. The van der Waals surface area contributed by atoms with Crippen molar-refractivity contribution in [1.29, 1.82) is 0 Å². The van der Waals surface area contributed by atoms with Crippen LogP contribution in [-0.2, 0) is 23.0 Å². The van der Waals surface area contributed by atoms with Crippen LogP contribution >= 0.6 is 15.9 Å². The summed E-state index contributed by atoms with van der Waals surface area (Å²) in [6.07, 6.45) is 0.619. The number of amides is 1. The van der Waals surface area contributed by atoms with Crippen molar-refractivity contribution in [2.45, 2.75) is 32.3 Å². The fraction of sp³-hybridized carbons (Fsp3) is 0.280. The lowest BCUT2D eigenvalue weighted by molar-refractivity contribution is -0.0429. The Hall–Kier alpha value is -3.32. The van der Waals surface area contributed by atoms with E-state index < -0.39 is 15.5 Å². The molecule has 0 unspecified atom stereocenters.